The average molecular weight is 318 g/mol. The summed E-state index contributed by atoms with van der Waals surface area (Å²) in [5.41, 5.74) is 6.65. The third kappa shape index (κ3) is 5.25. The number of carbonyl (C=O) groups excluding carboxylic acids is 2. The molecule has 1 fully saturated rings. The zero-order valence-electron chi connectivity index (χ0n) is 13.9. The Kier molecular flexibility index (Phi) is 5.98. The van der Waals surface area contributed by atoms with Crippen LogP contribution in [-0.2, 0) is 6.54 Å². The van der Waals surface area contributed by atoms with Gasteiger partial charge in [0.25, 0.3) is 5.91 Å². The predicted octanol–water partition coefficient (Wildman–Crippen LogP) is 1.27. The third-order valence-electron chi connectivity index (χ3n) is 3.95. The highest BCUT2D eigenvalue weighted by Crippen LogP contribution is 2.11. The minimum absolute atomic E-state index is 0.0728. The lowest BCUT2D eigenvalue weighted by Crippen LogP contribution is -2.49. The standard InChI is InChI=1S/C17H26N4O2/c1-13(2)12-20-7-9-21(10-8-20)16(22)15-5-3-14(4-6-15)11-19-17(18)23/h3-6,13H,7-12H2,1-2H3,(H3,18,19,23). The Morgan fingerprint density at radius 2 is 1.74 bits per heavy atom. The van der Waals surface area contributed by atoms with Crippen LogP contribution in [-0.4, -0.2) is 54.5 Å². The van der Waals surface area contributed by atoms with Gasteiger partial charge in [0, 0.05) is 44.8 Å². The molecule has 1 heterocycles. The number of carbonyl (C=O) groups is 2. The van der Waals surface area contributed by atoms with Gasteiger partial charge in [-0.3, -0.25) is 9.69 Å². The molecular weight excluding hydrogens is 292 g/mol. The number of hydrogen-bond donors (Lipinski definition) is 2. The maximum Gasteiger partial charge on any atom is 0.312 e. The average Bonchev–Trinajstić information content (AvgIpc) is 2.53. The Bertz CT molecular complexity index is 534. The fourth-order valence-electron chi connectivity index (χ4n) is 2.79. The number of rotatable bonds is 5. The van der Waals surface area contributed by atoms with E-state index in [1.807, 2.05) is 17.0 Å². The second-order valence-corrected chi connectivity index (χ2v) is 6.40. The summed E-state index contributed by atoms with van der Waals surface area (Å²) >= 11 is 0. The van der Waals surface area contributed by atoms with Gasteiger partial charge in [0.1, 0.15) is 0 Å². The van der Waals surface area contributed by atoms with Crippen molar-refractivity contribution in [3.8, 4) is 0 Å². The van der Waals surface area contributed by atoms with E-state index in [9.17, 15) is 9.59 Å². The van der Waals surface area contributed by atoms with Crippen molar-refractivity contribution in [2.24, 2.45) is 11.7 Å². The predicted molar refractivity (Wildman–Crippen MR) is 90.0 cm³/mol. The second kappa shape index (κ2) is 7.97. The smallest absolute Gasteiger partial charge is 0.312 e. The van der Waals surface area contributed by atoms with Crippen LogP contribution < -0.4 is 11.1 Å². The van der Waals surface area contributed by atoms with Crippen LogP contribution in [0.5, 0.6) is 0 Å². The largest absolute Gasteiger partial charge is 0.352 e. The molecule has 0 atom stereocenters. The Balaban J connectivity index is 1.87. The molecule has 6 heteroatoms. The highest BCUT2D eigenvalue weighted by Gasteiger charge is 2.22. The van der Waals surface area contributed by atoms with Gasteiger partial charge in [0.2, 0.25) is 0 Å². The first-order chi connectivity index (χ1) is 11.0. The van der Waals surface area contributed by atoms with Crippen LogP contribution in [0.15, 0.2) is 24.3 Å². The summed E-state index contributed by atoms with van der Waals surface area (Å²) in [4.78, 5) is 27.5. The van der Waals surface area contributed by atoms with Crippen molar-refractivity contribution in [1.82, 2.24) is 15.1 Å². The lowest BCUT2D eigenvalue weighted by atomic mass is 10.1. The van der Waals surface area contributed by atoms with Crippen molar-refractivity contribution in [1.29, 1.82) is 0 Å². The maximum atomic E-state index is 12.5. The van der Waals surface area contributed by atoms with Gasteiger partial charge in [-0.1, -0.05) is 26.0 Å². The summed E-state index contributed by atoms with van der Waals surface area (Å²) in [6, 6.07) is 6.75. The van der Waals surface area contributed by atoms with E-state index >= 15 is 0 Å². The monoisotopic (exact) mass is 318 g/mol. The van der Waals surface area contributed by atoms with E-state index in [4.69, 9.17) is 5.73 Å². The quantitative estimate of drug-likeness (QED) is 0.858. The molecule has 0 radical (unpaired) electrons. The second-order valence-electron chi connectivity index (χ2n) is 6.40. The lowest BCUT2D eigenvalue weighted by molar-refractivity contribution is 0.0624. The van der Waals surface area contributed by atoms with Gasteiger partial charge in [-0.05, 0) is 23.6 Å². The third-order valence-corrected chi connectivity index (χ3v) is 3.95. The van der Waals surface area contributed by atoms with Gasteiger partial charge >= 0.3 is 6.03 Å². The number of nitrogens with zero attached hydrogens (tertiary/aromatic N) is 2. The van der Waals surface area contributed by atoms with Gasteiger partial charge in [0.05, 0.1) is 0 Å². The summed E-state index contributed by atoms with van der Waals surface area (Å²) in [6.45, 7) is 9.31. The summed E-state index contributed by atoms with van der Waals surface area (Å²) in [5, 5.41) is 2.53. The van der Waals surface area contributed by atoms with Gasteiger partial charge in [-0.15, -0.1) is 0 Å². The lowest BCUT2D eigenvalue weighted by Gasteiger charge is -2.35. The van der Waals surface area contributed by atoms with Crippen molar-refractivity contribution >= 4 is 11.9 Å². The number of amides is 3. The Hall–Kier alpha value is -2.08. The van der Waals surface area contributed by atoms with E-state index in [0.29, 0.717) is 18.0 Å². The fraction of sp³-hybridized carbons (Fsp3) is 0.529. The van der Waals surface area contributed by atoms with Crippen LogP contribution >= 0.6 is 0 Å². The van der Waals surface area contributed by atoms with Gasteiger partial charge in [0.15, 0.2) is 0 Å². The minimum atomic E-state index is -0.551. The number of benzene rings is 1. The number of primary amides is 1. The molecule has 3 amide bonds. The SMILES string of the molecule is CC(C)CN1CCN(C(=O)c2ccc(CNC(N)=O)cc2)CC1. The molecule has 3 N–H and O–H groups in total. The van der Waals surface area contributed by atoms with Crippen LogP contribution in [0.2, 0.25) is 0 Å². The molecule has 0 aromatic heterocycles. The molecule has 0 saturated carbocycles. The van der Waals surface area contributed by atoms with Crippen LogP contribution in [0, 0.1) is 5.92 Å². The first kappa shape index (κ1) is 17.3. The molecule has 0 spiro atoms. The van der Waals surface area contributed by atoms with E-state index in [1.54, 1.807) is 12.1 Å². The number of nitrogens with two attached hydrogens (primary N) is 1. The Labute approximate surface area is 137 Å². The van der Waals surface area contributed by atoms with Gasteiger partial charge in [-0.2, -0.15) is 0 Å². The molecule has 0 aliphatic carbocycles. The molecule has 6 nitrogen and oxygen atoms in total. The molecule has 1 aliphatic heterocycles. The molecule has 1 saturated heterocycles. The molecule has 1 aliphatic rings. The zero-order chi connectivity index (χ0) is 16.8. The van der Waals surface area contributed by atoms with E-state index in [0.717, 1.165) is 38.3 Å². The summed E-state index contributed by atoms with van der Waals surface area (Å²) in [7, 11) is 0. The number of hydrogen-bond acceptors (Lipinski definition) is 3. The molecule has 0 unspecified atom stereocenters. The van der Waals surface area contributed by atoms with Crippen molar-refractivity contribution in [2.75, 3.05) is 32.7 Å². The summed E-state index contributed by atoms with van der Waals surface area (Å²) < 4.78 is 0. The summed E-state index contributed by atoms with van der Waals surface area (Å²) in [6.07, 6.45) is 0. The first-order valence-corrected chi connectivity index (χ1v) is 8.09. The normalized spacial score (nSPS) is 15.7. The van der Waals surface area contributed by atoms with Crippen LogP contribution in [0.25, 0.3) is 0 Å². The molecule has 2 rings (SSSR count). The Morgan fingerprint density at radius 3 is 2.26 bits per heavy atom. The van der Waals surface area contributed by atoms with E-state index in [2.05, 4.69) is 24.1 Å². The molecule has 0 bridgehead atoms. The topological polar surface area (TPSA) is 78.7 Å². The first-order valence-electron chi connectivity index (χ1n) is 8.09. The maximum absolute atomic E-state index is 12.5. The molecule has 1 aromatic rings. The highest BCUT2D eigenvalue weighted by atomic mass is 16.2. The summed E-state index contributed by atoms with van der Waals surface area (Å²) in [5.74, 6) is 0.724. The molecule has 1 aromatic carbocycles. The number of nitrogens with one attached hydrogen (secondary N) is 1. The number of piperazine rings is 1. The molecular formula is C17H26N4O2. The van der Waals surface area contributed by atoms with E-state index in [-0.39, 0.29) is 5.91 Å². The Morgan fingerprint density at radius 1 is 1.13 bits per heavy atom. The number of urea groups is 1. The minimum Gasteiger partial charge on any atom is -0.352 e. The molecule has 23 heavy (non-hydrogen) atoms. The van der Waals surface area contributed by atoms with E-state index in [1.165, 1.54) is 0 Å². The van der Waals surface area contributed by atoms with Gasteiger partial charge < -0.3 is 16.0 Å². The van der Waals surface area contributed by atoms with Crippen molar-refractivity contribution < 1.29 is 9.59 Å². The fourth-order valence-corrected chi connectivity index (χ4v) is 2.79. The van der Waals surface area contributed by atoms with Crippen molar-refractivity contribution in [3.63, 3.8) is 0 Å². The highest BCUT2D eigenvalue weighted by molar-refractivity contribution is 5.94. The van der Waals surface area contributed by atoms with Crippen molar-refractivity contribution in [3.05, 3.63) is 35.4 Å². The van der Waals surface area contributed by atoms with Crippen LogP contribution in [0.1, 0.15) is 29.8 Å². The van der Waals surface area contributed by atoms with Gasteiger partial charge in [-0.25, -0.2) is 4.79 Å². The van der Waals surface area contributed by atoms with Crippen LogP contribution in [0.3, 0.4) is 0 Å². The van der Waals surface area contributed by atoms with Crippen LogP contribution in [0.4, 0.5) is 4.79 Å². The van der Waals surface area contributed by atoms with E-state index < -0.39 is 6.03 Å². The zero-order valence-corrected chi connectivity index (χ0v) is 13.9. The molecule has 126 valence electrons. The van der Waals surface area contributed by atoms with Crippen molar-refractivity contribution in [2.45, 2.75) is 20.4 Å².